The number of halogens is 4. The predicted molar refractivity (Wildman–Crippen MR) is 86.8 cm³/mol. The number of cyclic esters (lactones) is 1. The monoisotopic (exact) mass is 404 g/mol. The second kappa shape index (κ2) is 9.92. The van der Waals surface area contributed by atoms with Crippen LogP contribution in [0.4, 0.5) is 18.0 Å². The van der Waals surface area contributed by atoms with Gasteiger partial charge in [-0.1, -0.05) is 13.8 Å². The van der Waals surface area contributed by atoms with E-state index in [0.29, 0.717) is 10.0 Å². The van der Waals surface area contributed by atoms with Crippen molar-refractivity contribution in [2.75, 3.05) is 6.61 Å². The number of amides is 1. The molecule has 1 aromatic carbocycles. The number of alkyl carbamates (subject to hydrolysis) is 1. The Labute approximate surface area is 146 Å². The third-order valence-electron chi connectivity index (χ3n) is 2.68. The van der Waals surface area contributed by atoms with Crippen molar-refractivity contribution in [2.45, 2.75) is 19.9 Å². The van der Waals surface area contributed by atoms with Gasteiger partial charge in [-0.05, 0) is 46.3 Å². The molecule has 2 heterocycles. The van der Waals surface area contributed by atoms with Gasteiger partial charge in [-0.3, -0.25) is 0 Å². The lowest BCUT2D eigenvalue weighted by atomic mass is 10.1. The second-order valence-corrected chi connectivity index (χ2v) is 5.18. The maximum atomic E-state index is 13.2. The molecule has 0 radical (unpaired) electrons. The quantitative estimate of drug-likeness (QED) is 0.697. The van der Waals surface area contributed by atoms with Gasteiger partial charge in [0.25, 0.3) is 0 Å². The van der Waals surface area contributed by atoms with Crippen LogP contribution in [-0.2, 0) is 4.74 Å². The number of ether oxygens (including phenoxy) is 1. The summed E-state index contributed by atoms with van der Waals surface area (Å²) in [5.74, 6) is -1.41. The number of carbonyl (C=O) groups is 1. The van der Waals surface area contributed by atoms with Gasteiger partial charge >= 0.3 is 6.09 Å². The van der Waals surface area contributed by atoms with E-state index < -0.39 is 29.7 Å². The first kappa shape index (κ1) is 20.0. The predicted octanol–water partition coefficient (Wildman–Crippen LogP) is 4.76. The zero-order valence-corrected chi connectivity index (χ0v) is 14.6. The van der Waals surface area contributed by atoms with Crippen molar-refractivity contribution in [1.29, 1.82) is 0 Å². The Morgan fingerprint density at radius 1 is 1.17 bits per heavy atom. The molecule has 1 aliphatic heterocycles. The third-order valence-corrected chi connectivity index (χ3v) is 3.12. The zero-order chi connectivity index (χ0) is 18.1. The summed E-state index contributed by atoms with van der Waals surface area (Å²) in [6, 6.07) is 5.43. The maximum Gasteiger partial charge on any atom is 0.407 e. The zero-order valence-electron chi connectivity index (χ0n) is 13.0. The SMILES string of the molecule is CC.Fc1ccc(F)cc1.O=C1NC(c2cc(Br)cnc2F)CO1. The summed E-state index contributed by atoms with van der Waals surface area (Å²) in [5.41, 5.74) is 0.324. The highest BCUT2D eigenvalue weighted by molar-refractivity contribution is 9.10. The van der Waals surface area contributed by atoms with Crippen LogP contribution in [0.3, 0.4) is 0 Å². The van der Waals surface area contributed by atoms with Crippen LogP contribution in [0, 0.1) is 17.6 Å². The van der Waals surface area contributed by atoms with E-state index in [1.54, 1.807) is 6.07 Å². The molecule has 2 aromatic rings. The average Bonchev–Trinajstić information content (AvgIpc) is 3.01. The highest BCUT2D eigenvalue weighted by Crippen LogP contribution is 2.22. The molecule has 1 unspecified atom stereocenters. The molecular formula is C16H16BrF3N2O2. The van der Waals surface area contributed by atoms with Crippen molar-refractivity contribution in [2.24, 2.45) is 0 Å². The van der Waals surface area contributed by atoms with E-state index in [4.69, 9.17) is 0 Å². The van der Waals surface area contributed by atoms with E-state index in [1.165, 1.54) is 6.20 Å². The van der Waals surface area contributed by atoms with Crippen molar-refractivity contribution in [3.8, 4) is 0 Å². The molecule has 0 spiro atoms. The molecule has 1 saturated heterocycles. The number of pyridine rings is 1. The van der Waals surface area contributed by atoms with Crippen molar-refractivity contribution in [3.63, 3.8) is 0 Å². The summed E-state index contributed by atoms with van der Waals surface area (Å²) in [6.07, 6.45) is 0.825. The van der Waals surface area contributed by atoms with Crippen LogP contribution in [0.2, 0.25) is 0 Å². The molecule has 3 rings (SSSR count). The minimum Gasteiger partial charge on any atom is -0.447 e. The minimum absolute atomic E-state index is 0.133. The number of hydrogen-bond acceptors (Lipinski definition) is 3. The molecule has 1 aromatic heterocycles. The molecule has 8 heteroatoms. The number of nitrogens with zero attached hydrogens (tertiary/aromatic N) is 1. The Balaban J connectivity index is 0.000000245. The minimum atomic E-state index is -0.594. The third kappa shape index (κ3) is 6.19. The first-order valence-corrected chi connectivity index (χ1v) is 7.90. The molecule has 0 aliphatic carbocycles. The van der Waals surface area contributed by atoms with Crippen LogP contribution in [0.15, 0.2) is 41.0 Å². The molecule has 130 valence electrons. The molecule has 0 bridgehead atoms. The first-order valence-electron chi connectivity index (χ1n) is 7.11. The van der Waals surface area contributed by atoms with Crippen LogP contribution in [0.5, 0.6) is 0 Å². The highest BCUT2D eigenvalue weighted by Gasteiger charge is 2.26. The number of hydrogen-bond donors (Lipinski definition) is 1. The Morgan fingerprint density at radius 2 is 1.71 bits per heavy atom. The molecule has 1 atom stereocenters. The summed E-state index contributed by atoms with van der Waals surface area (Å²) in [7, 11) is 0. The van der Waals surface area contributed by atoms with Gasteiger partial charge in [0, 0.05) is 16.2 Å². The van der Waals surface area contributed by atoms with Crippen LogP contribution in [-0.4, -0.2) is 17.7 Å². The van der Waals surface area contributed by atoms with Crippen molar-refractivity contribution >= 4 is 22.0 Å². The number of nitrogens with one attached hydrogen (secondary N) is 1. The summed E-state index contributed by atoms with van der Waals surface area (Å²) in [6.45, 7) is 4.13. The lowest BCUT2D eigenvalue weighted by Crippen LogP contribution is -2.19. The number of carbonyl (C=O) groups excluding carboxylic acids is 1. The Hall–Kier alpha value is -2.09. The van der Waals surface area contributed by atoms with Crippen molar-refractivity contribution < 1.29 is 22.7 Å². The number of aromatic nitrogens is 1. The van der Waals surface area contributed by atoms with E-state index in [1.807, 2.05) is 13.8 Å². The van der Waals surface area contributed by atoms with Gasteiger partial charge in [0.2, 0.25) is 5.95 Å². The number of rotatable bonds is 1. The van der Waals surface area contributed by atoms with Gasteiger partial charge in [0.05, 0.1) is 6.04 Å². The van der Waals surface area contributed by atoms with Gasteiger partial charge in [0.1, 0.15) is 18.2 Å². The molecule has 1 aliphatic rings. The first-order chi connectivity index (χ1) is 11.5. The van der Waals surface area contributed by atoms with Crippen molar-refractivity contribution in [1.82, 2.24) is 10.3 Å². The summed E-state index contributed by atoms with van der Waals surface area (Å²) in [4.78, 5) is 14.3. The lowest BCUT2D eigenvalue weighted by molar-refractivity contribution is 0.176. The van der Waals surface area contributed by atoms with E-state index in [-0.39, 0.29) is 6.61 Å². The van der Waals surface area contributed by atoms with Gasteiger partial charge < -0.3 is 10.1 Å². The molecule has 1 N–H and O–H groups in total. The van der Waals surface area contributed by atoms with Gasteiger partial charge in [-0.2, -0.15) is 4.39 Å². The van der Waals surface area contributed by atoms with Crippen LogP contribution in [0.1, 0.15) is 25.5 Å². The molecular weight excluding hydrogens is 389 g/mol. The normalized spacial score (nSPS) is 15.2. The fourth-order valence-corrected chi connectivity index (χ4v) is 2.01. The Kier molecular flexibility index (Phi) is 8.25. The van der Waals surface area contributed by atoms with Crippen LogP contribution in [0.25, 0.3) is 0 Å². The standard InChI is InChI=1S/C8H6BrFN2O2.C6H4F2.C2H6/c9-4-1-5(7(10)11-2-4)6-3-14-8(13)12-6;7-5-1-2-6(8)4-3-5;1-2/h1-2,6H,3H2,(H,12,13);1-4H;1-2H3. The molecule has 1 amide bonds. The molecule has 0 saturated carbocycles. The summed E-state index contributed by atoms with van der Waals surface area (Å²) >= 11 is 3.18. The van der Waals surface area contributed by atoms with Gasteiger partial charge in [-0.25, -0.2) is 18.6 Å². The second-order valence-electron chi connectivity index (χ2n) is 4.27. The Morgan fingerprint density at radius 3 is 2.17 bits per heavy atom. The van der Waals surface area contributed by atoms with E-state index in [9.17, 15) is 18.0 Å². The van der Waals surface area contributed by atoms with Crippen LogP contribution < -0.4 is 5.32 Å². The summed E-state index contributed by atoms with van der Waals surface area (Å²) in [5, 5.41) is 2.48. The van der Waals surface area contributed by atoms with E-state index in [2.05, 4.69) is 31.0 Å². The molecule has 24 heavy (non-hydrogen) atoms. The van der Waals surface area contributed by atoms with E-state index >= 15 is 0 Å². The van der Waals surface area contributed by atoms with Gasteiger partial charge in [-0.15, -0.1) is 0 Å². The molecule has 1 fully saturated rings. The van der Waals surface area contributed by atoms with E-state index in [0.717, 1.165) is 24.3 Å². The topological polar surface area (TPSA) is 51.2 Å². The van der Waals surface area contributed by atoms with Gasteiger partial charge in [0.15, 0.2) is 0 Å². The highest BCUT2D eigenvalue weighted by atomic mass is 79.9. The fourth-order valence-electron chi connectivity index (χ4n) is 1.66. The summed E-state index contributed by atoms with van der Waals surface area (Å²) < 4.78 is 42.4. The van der Waals surface area contributed by atoms with Crippen molar-refractivity contribution in [3.05, 3.63) is 64.1 Å². The number of benzene rings is 1. The Bertz CT molecular complexity index is 648. The molecule has 4 nitrogen and oxygen atoms in total. The smallest absolute Gasteiger partial charge is 0.407 e. The lowest BCUT2D eigenvalue weighted by Gasteiger charge is -2.07. The van der Waals surface area contributed by atoms with Crippen LogP contribution >= 0.6 is 15.9 Å². The maximum absolute atomic E-state index is 13.2. The largest absolute Gasteiger partial charge is 0.447 e. The average molecular weight is 405 g/mol. The fraction of sp³-hybridized carbons (Fsp3) is 0.250.